The van der Waals surface area contributed by atoms with Crippen molar-refractivity contribution in [2.24, 2.45) is 11.8 Å². The van der Waals surface area contributed by atoms with E-state index in [0.717, 1.165) is 17.8 Å². The molecule has 4 aliphatic rings. The van der Waals surface area contributed by atoms with Gasteiger partial charge in [-0.25, -0.2) is 0 Å². The van der Waals surface area contributed by atoms with Gasteiger partial charge in [0.15, 0.2) is 0 Å². The molecule has 0 saturated heterocycles. The van der Waals surface area contributed by atoms with Gasteiger partial charge >= 0.3 is 0 Å². The Hall–Kier alpha value is -4.62. The molecule has 0 N–H and O–H groups in total. The number of nitrogens with zero attached hydrogens (tertiary/aromatic N) is 1. The molecule has 0 aliphatic heterocycles. The highest BCUT2D eigenvalue weighted by Crippen LogP contribution is 2.56. The van der Waals surface area contributed by atoms with E-state index in [9.17, 15) is 0 Å². The summed E-state index contributed by atoms with van der Waals surface area (Å²) >= 11 is 0. The summed E-state index contributed by atoms with van der Waals surface area (Å²) in [5.41, 5.74) is 15.0. The van der Waals surface area contributed by atoms with E-state index >= 15 is 0 Å². The molecule has 51 heavy (non-hydrogen) atoms. The van der Waals surface area contributed by atoms with Gasteiger partial charge in [-0.2, -0.15) is 0 Å². The Balaban J connectivity index is 1.23. The van der Waals surface area contributed by atoms with Gasteiger partial charge in [0, 0.05) is 16.7 Å². The van der Waals surface area contributed by atoms with Crippen LogP contribution in [0.3, 0.4) is 0 Å². The number of hydrogen-bond acceptors (Lipinski definition) is 1. The fourth-order valence-corrected chi connectivity index (χ4v) is 10.9. The Kier molecular flexibility index (Phi) is 7.49. The Morgan fingerprint density at radius 2 is 1.27 bits per heavy atom. The van der Waals surface area contributed by atoms with E-state index in [1.165, 1.54) is 125 Å². The molecule has 0 amide bonds. The monoisotopic (exact) mass is 663 g/mol. The summed E-state index contributed by atoms with van der Waals surface area (Å²) in [6, 6.07) is 49.3. The highest BCUT2D eigenvalue weighted by atomic mass is 15.1. The Morgan fingerprint density at radius 1 is 0.549 bits per heavy atom. The second-order valence-electron chi connectivity index (χ2n) is 16.8. The number of anilines is 3. The van der Waals surface area contributed by atoms with Gasteiger partial charge in [-0.3, -0.25) is 0 Å². The zero-order valence-electron chi connectivity index (χ0n) is 30.2. The Morgan fingerprint density at radius 3 is 2.02 bits per heavy atom. The van der Waals surface area contributed by atoms with E-state index in [1.54, 1.807) is 5.56 Å². The van der Waals surface area contributed by atoms with Crippen molar-refractivity contribution in [1.82, 2.24) is 0 Å². The summed E-state index contributed by atoms with van der Waals surface area (Å²) in [4.78, 5) is 2.67. The molecule has 0 aromatic heterocycles. The third-order valence-electron chi connectivity index (χ3n) is 13.5. The van der Waals surface area contributed by atoms with Crippen LogP contribution >= 0.6 is 0 Å². The average Bonchev–Trinajstić information content (AvgIpc) is 3.88. The maximum absolute atomic E-state index is 2.67. The number of rotatable bonds is 6. The first-order valence-electron chi connectivity index (χ1n) is 19.8. The van der Waals surface area contributed by atoms with Crippen molar-refractivity contribution in [3.8, 4) is 22.3 Å². The van der Waals surface area contributed by atoms with Gasteiger partial charge < -0.3 is 4.90 Å². The fourth-order valence-electron chi connectivity index (χ4n) is 10.9. The lowest BCUT2D eigenvalue weighted by Crippen LogP contribution is -2.19. The molecule has 3 atom stereocenters. The summed E-state index contributed by atoms with van der Waals surface area (Å²) in [5, 5.41) is 2.66. The average molecular weight is 664 g/mol. The summed E-state index contributed by atoms with van der Waals surface area (Å²) in [6.07, 6.45) is 12.2. The van der Waals surface area contributed by atoms with Crippen molar-refractivity contribution in [2.45, 2.75) is 88.9 Å². The van der Waals surface area contributed by atoms with Gasteiger partial charge in [-0.15, -0.1) is 0 Å². The lowest BCUT2D eigenvalue weighted by atomic mass is 9.81. The molecule has 6 aromatic rings. The van der Waals surface area contributed by atoms with E-state index in [2.05, 4.69) is 146 Å². The van der Waals surface area contributed by atoms with Crippen LogP contribution in [-0.2, 0) is 5.41 Å². The summed E-state index contributed by atoms with van der Waals surface area (Å²) in [6.45, 7) is 4.84. The van der Waals surface area contributed by atoms with Crippen molar-refractivity contribution in [2.75, 3.05) is 4.90 Å². The van der Waals surface area contributed by atoms with Crippen molar-refractivity contribution < 1.29 is 0 Å². The number of benzene rings is 6. The second-order valence-corrected chi connectivity index (χ2v) is 16.8. The van der Waals surface area contributed by atoms with Gasteiger partial charge in [0.05, 0.1) is 11.4 Å². The minimum atomic E-state index is -0.0945. The van der Waals surface area contributed by atoms with Crippen molar-refractivity contribution in [1.29, 1.82) is 0 Å². The molecule has 3 saturated carbocycles. The third kappa shape index (κ3) is 5.18. The maximum atomic E-state index is 2.67. The zero-order valence-corrected chi connectivity index (χ0v) is 30.2. The second kappa shape index (κ2) is 12.3. The molecule has 1 nitrogen and oxygen atoms in total. The molecular formula is C50H49N. The van der Waals surface area contributed by atoms with Crippen LogP contribution in [0, 0.1) is 11.8 Å². The molecule has 3 fully saturated rings. The van der Waals surface area contributed by atoms with E-state index in [0.29, 0.717) is 5.92 Å². The smallest absolute Gasteiger partial charge is 0.0543 e. The first-order chi connectivity index (χ1) is 25.0. The largest absolute Gasteiger partial charge is 0.310 e. The Bertz CT molecular complexity index is 2240. The van der Waals surface area contributed by atoms with Crippen LogP contribution in [0.5, 0.6) is 0 Å². The van der Waals surface area contributed by atoms with E-state index < -0.39 is 0 Å². The van der Waals surface area contributed by atoms with Crippen LogP contribution in [0.2, 0.25) is 0 Å². The van der Waals surface area contributed by atoms with E-state index in [1.807, 2.05) is 0 Å². The minimum Gasteiger partial charge on any atom is -0.310 e. The van der Waals surface area contributed by atoms with Crippen molar-refractivity contribution >= 4 is 27.8 Å². The highest BCUT2D eigenvalue weighted by molar-refractivity contribution is 5.97. The lowest BCUT2D eigenvalue weighted by molar-refractivity contribution is 0.420. The molecule has 1 heteroatoms. The van der Waals surface area contributed by atoms with Gasteiger partial charge in [0.1, 0.15) is 0 Å². The molecular weight excluding hydrogens is 615 g/mol. The standard InChI is InChI=1S/C50H49N/c1-50(2)46-20-12-11-19-41(46)45-31-44(35-15-7-4-8-16-35)49(32-47(45)50)51(40-25-23-36(24-26-40)42-28-33-21-22-39(42)27-33)48-30-38-18-10-9-17-37(38)29-43(48)34-13-5-3-6-14-34/h4,7-12,15-20,23-26,29-34,39,42H,3,5-6,13-14,21-22,27-28H2,1-2H3. The van der Waals surface area contributed by atoms with E-state index in [4.69, 9.17) is 0 Å². The lowest BCUT2D eigenvalue weighted by Gasteiger charge is -2.34. The number of hydrogen-bond donors (Lipinski definition) is 0. The number of fused-ring (bicyclic) bond motifs is 6. The van der Waals surface area contributed by atoms with Crippen LogP contribution < -0.4 is 4.90 Å². The minimum absolute atomic E-state index is 0.0945. The Labute approximate surface area is 304 Å². The van der Waals surface area contributed by atoms with Gasteiger partial charge in [-0.05, 0) is 142 Å². The molecule has 10 rings (SSSR count). The first kappa shape index (κ1) is 31.1. The van der Waals surface area contributed by atoms with Gasteiger partial charge in [0.2, 0.25) is 0 Å². The molecule has 6 aromatic carbocycles. The molecule has 0 spiro atoms. The SMILES string of the molecule is CC1(C)c2ccccc2-c2cc(-c3ccccc3)c(N(c3ccc(C4CC5CCC4C5)cc3)c3cc4ccccc4cc3C3CCCCC3)cc21. The van der Waals surface area contributed by atoms with Crippen LogP contribution in [0.4, 0.5) is 17.1 Å². The summed E-state index contributed by atoms with van der Waals surface area (Å²) < 4.78 is 0. The quantitative estimate of drug-likeness (QED) is 0.171. The van der Waals surface area contributed by atoms with Gasteiger partial charge in [0.25, 0.3) is 0 Å². The molecule has 0 heterocycles. The van der Waals surface area contributed by atoms with Crippen molar-refractivity contribution in [3.63, 3.8) is 0 Å². The van der Waals surface area contributed by atoms with E-state index in [-0.39, 0.29) is 5.41 Å². The third-order valence-corrected chi connectivity index (χ3v) is 13.5. The van der Waals surface area contributed by atoms with Crippen LogP contribution in [-0.4, -0.2) is 0 Å². The normalized spacial score (nSPS) is 21.9. The molecule has 2 bridgehead atoms. The zero-order chi connectivity index (χ0) is 34.1. The predicted octanol–water partition coefficient (Wildman–Crippen LogP) is 14.2. The predicted molar refractivity (Wildman–Crippen MR) is 216 cm³/mol. The fraction of sp³-hybridized carbons (Fsp3) is 0.320. The summed E-state index contributed by atoms with van der Waals surface area (Å²) in [5.74, 6) is 3.10. The molecule has 4 aliphatic carbocycles. The van der Waals surface area contributed by atoms with Crippen LogP contribution in [0.25, 0.3) is 33.0 Å². The van der Waals surface area contributed by atoms with Crippen LogP contribution in [0.1, 0.15) is 106 Å². The summed E-state index contributed by atoms with van der Waals surface area (Å²) in [7, 11) is 0. The van der Waals surface area contributed by atoms with Crippen molar-refractivity contribution in [3.05, 3.63) is 150 Å². The molecule has 254 valence electrons. The molecule has 3 unspecified atom stereocenters. The first-order valence-corrected chi connectivity index (χ1v) is 19.8. The van der Waals surface area contributed by atoms with Crippen LogP contribution in [0.15, 0.2) is 127 Å². The maximum Gasteiger partial charge on any atom is 0.0543 e. The highest BCUT2D eigenvalue weighted by Gasteiger charge is 2.40. The molecule has 0 radical (unpaired) electrons. The topological polar surface area (TPSA) is 3.24 Å². The van der Waals surface area contributed by atoms with Gasteiger partial charge in [-0.1, -0.05) is 131 Å².